The van der Waals surface area contributed by atoms with Crippen molar-refractivity contribution in [2.45, 2.75) is 59.8 Å². The van der Waals surface area contributed by atoms with Gasteiger partial charge in [0.1, 0.15) is 0 Å². The second kappa shape index (κ2) is 3.81. The molecule has 0 aromatic rings. The highest BCUT2D eigenvalue weighted by molar-refractivity contribution is 4.84. The molecule has 0 radical (unpaired) electrons. The highest BCUT2D eigenvalue weighted by atomic mass is 14.4. The lowest BCUT2D eigenvalue weighted by molar-refractivity contribution is 0.0932. The minimum atomic E-state index is 0.625. The summed E-state index contributed by atoms with van der Waals surface area (Å²) in [6, 6.07) is 0. The van der Waals surface area contributed by atoms with Crippen LogP contribution in [0.15, 0.2) is 0 Å². The van der Waals surface area contributed by atoms with Crippen LogP contribution in [-0.2, 0) is 0 Å². The van der Waals surface area contributed by atoms with E-state index in [1.54, 1.807) is 0 Å². The van der Waals surface area contributed by atoms with Crippen LogP contribution in [0.3, 0.4) is 0 Å². The molecular formula is C12H24. The van der Waals surface area contributed by atoms with Gasteiger partial charge in [0, 0.05) is 0 Å². The molecule has 0 heteroatoms. The van der Waals surface area contributed by atoms with Crippen molar-refractivity contribution in [2.75, 3.05) is 0 Å². The van der Waals surface area contributed by atoms with Crippen LogP contribution in [0.25, 0.3) is 0 Å². The zero-order valence-electron chi connectivity index (χ0n) is 9.19. The molecule has 1 rings (SSSR count). The molecule has 0 nitrogen and oxygen atoms in total. The Morgan fingerprint density at radius 3 is 2.33 bits per heavy atom. The number of hydrogen-bond donors (Lipinski definition) is 0. The fourth-order valence-corrected chi connectivity index (χ4v) is 2.71. The van der Waals surface area contributed by atoms with Crippen LogP contribution in [0.2, 0.25) is 0 Å². The Labute approximate surface area is 77.7 Å². The first-order valence-corrected chi connectivity index (χ1v) is 5.60. The Morgan fingerprint density at radius 2 is 1.83 bits per heavy atom. The normalized spacial score (nSPS) is 35.0. The molecule has 1 aliphatic rings. The van der Waals surface area contributed by atoms with E-state index in [1.807, 2.05) is 0 Å². The van der Waals surface area contributed by atoms with E-state index >= 15 is 0 Å². The summed E-state index contributed by atoms with van der Waals surface area (Å²) < 4.78 is 0. The zero-order valence-corrected chi connectivity index (χ0v) is 9.19. The molecule has 0 aromatic carbocycles. The fraction of sp³-hybridized carbons (Fsp3) is 1.00. The van der Waals surface area contributed by atoms with Crippen molar-refractivity contribution in [2.24, 2.45) is 17.3 Å². The van der Waals surface area contributed by atoms with Crippen molar-refractivity contribution < 1.29 is 0 Å². The van der Waals surface area contributed by atoms with Gasteiger partial charge in [-0.1, -0.05) is 40.5 Å². The molecular weight excluding hydrogens is 144 g/mol. The Bertz CT molecular complexity index is 135. The minimum Gasteiger partial charge on any atom is -0.0651 e. The lowest BCUT2D eigenvalue weighted by Gasteiger charge is -2.41. The first kappa shape index (κ1) is 10.1. The molecule has 0 aromatic heterocycles. The van der Waals surface area contributed by atoms with Crippen LogP contribution < -0.4 is 0 Å². The van der Waals surface area contributed by atoms with Crippen molar-refractivity contribution in [1.82, 2.24) is 0 Å². The van der Waals surface area contributed by atoms with Crippen molar-refractivity contribution in [3.8, 4) is 0 Å². The second-order valence-electron chi connectivity index (χ2n) is 5.14. The summed E-state index contributed by atoms with van der Waals surface area (Å²) in [5, 5.41) is 0. The summed E-state index contributed by atoms with van der Waals surface area (Å²) in [5.41, 5.74) is 0.625. The smallest absolute Gasteiger partial charge is 0.0326 e. The summed E-state index contributed by atoms with van der Waals surface area (Å²) in [4.78, 5) is 0. The Hall–Kier alpha value is 0. The minimum absolute atomic E-state index is 0.625. The van der Waals surface area contributed by atoms with Crippen LogP contribution in [0.5, 0.6) is 0 Å². The van der Waals surface area contributed by atoms with E-state index in [1.165, 1.54) is 32.1 Å². The third-order valence-corrected chi connectivity index (χ3v) is 3.99. The lowest BCUT2D eigenvalue weighted by Crippen LogP contribution is -2.31. The van der Waals surface area contributed by atoms with Crippen molar-refractivity contribution >= 4 is 0 Å². The molecule has 1 aliphatic carbocycles. The highest BCUT2D eigenvalue weighted by Gasteiger charge is 2.34. The predicted molar refractivity (Wildman–Crippen MR) is 55.2 cm³/mol. The molecule has 0 aliphatic heterocycles. The molecule has 1 fully saturated rings. The van der Waals surface area contributed by atoms with Gasteiger partial charge in [0.05, 0.1) is 0 Å². The van der Waals surface area contributed by atoms with Gasteiger partial charge in [0.15, 0.2) is 0 Å². The maximum Gasteiger partial charge on any atom is -0.0326 e. The molecule has 12 heavy (non-hydrogen) atoms. The standard InChI is InChI=1S/C12H24/c1-5-10-7-8-12(3,4)11(6-2)9-10/h10-11H,5-9H2,1-4H3. The number of rotatable bonds is 2. The maximum absolute atomic E-state index is 2.45. The van der Waals surface area contributed by atoms with Crippen LogP contribution in [0, 0.1) is 17.3 Å². The monoisotopic (exact) mass is 168 g/mol. The van der Waals surface area contributed by atoms with Gasteiger partial charge in [-0.05, 0) is 36.5 Å². The maximum atomic E-state index is 2.45. The zero-order chi connectivity index (χ0) is 9.19. The van der Waals surface area contributed by atoms with Gasteiger partial charge in [-0.25, -0.2) is 0 Å². The van der Waals surface area contributed by atoms with E-state index in [2.05, 4.69) is 27.7 Å². The molecule has 2 atom stereocenters. The van der Waals surface area contributed by atoms with E-state index in [9.17, 15) is 0 Å². The summed E-state index contributed by atoms with van der Waals surface area (Å²) >= 11 is 0. The molecule has 2 unspecified atom stereocenters. The van der Waals surface area contributed by atoms with Crippen molar-refractivity contribution in [3.63, 3.8) is 0 Å². The van der Waals surface area contributed by atoms with Crippen LogP contribution >= 0.6 is 0 Å². The third-order valence-electron chi connectivity index (χ3n) is 3.99. The van der Waals surface area contributed by atoms with Crippen molar-refractivity contribution in [1.29, 1.82) is 0 Å². The summed E-state index contributed by atoms with van der Waals surface area (Å²) in [5.74, 6) is 2.01. The van der Waals surface area contributed by atoms with E-state index in [4.69, 9.17) is 0 Å². The molecule has 1 saturated carbocycles. The van der Waals surface area contributed by atoms with Gasteiger partial charge in [-0.15, -0.1) is 0 Å². The van der Waals surface area contributed by atoms with E-state index < -0.39 is 0 Å². The molecule has 0 spiro atoms. The fourth-order valence-electron chi connectivity index (χ4n) is 2.71. The number of hydrogen-bond acceptors (Lipinski definition) is 0. The predicted octanol–water partition coefficient (Wildman–Crippen LogP) is 4.25. The molecule has 0 amide bonds. The first-order chi connectivity index (χ1) is 5.60. The summed E-state index contributed by atoms with van der Waals surface area (Å²) in [7, 11) is 0. The molecule has 0 heterocycles. The van der Waals surface area contributed by atoms with E-state index in [-0.39, 0.29) is 0 Å². The SMILES string of the molecule is CCC1CCC(C)(C)C(CC)C1. The van der Waals surface area contributed by atoms with Gasteiger partial charge in [0.25, 0.3) is 0 Å². The molecule has 0 N–H and O–H groups in total. The van der Waals surface area contributed by atoms with Crippen LogP contribution in [-0.4, -0.2) is 0 Å². The lowest BCUT2D eigenvalue weighted by atomic mass is 9.64. The molecule has 72 valence electrons. The largest absolute Gasteiger partial charge is 0.0651 e. The molecule has 0 saturated heterocycles. The first-order valence-electron chi connectivity index (χ1n) is 5.60. The Kier molecular flexibility index (Phi) is 3.20. The quantitative estimate of drug-likeness (QED) is 0.578. The van der Waals surface area contributed by atoms with Gasteiger partial charge in [-0.3, -0.25) is 0 Å². The topological polar surface area (TPSA) is 0 Å². The van der Waals surface area contributed by atoms with Crippen molar-refractivity contribution in [3.05, 3.63) is 0 Å². The van der Waals surface area contributed by atoms with Crippen LogP contribution in [0.4, 0.5) is 0 Å². The second-order valence-corrected chi connectivity index (χ2v) is 5.14. The van der Waals surface area contributed by atoms with E-state index in [0.29, 0.717) is 5.41 Å². The third kappa shape index (κ3) is 2.02. The average molecular weight is 168 g/mol. The van der Waals surface area contributed by atoms with E-state index in [0.717, 1.165) is 11.8 Å². The van der Waals surface area contributed by atoms with Gasteiger partial charge in [0.2, 0.25) is 0 Å². The highest BCUT2D eigenvalue weighted by Crippen LogP contribution is 2.45. The van der Waals surface area contributed by atoms with Crippen LogP contribution in [0.1, 0.15) is 59.8 Å². The average Bonchev–Trinajstić information content (AvgIpc) is 2.04. The Morgan fingerprint density at radius 1 is 1.17 bits per heavy atom. The van der Waals surface area contributed by atoms with Gasteiger partial charge < -0.3 is 0 Å². The molecule has 0 bridgehead atoms. The Balaban J connectivity index is 2.54. The summed E-state index contributed by atoms with van der Waals surface area (Å²) in [6.45, 7) is 9.60. The van der Waals surface area contributed by atoms with Gasteiger partial charge >= 0.3 is 0 Å². The summed E-state index contributed by atoms with van der Waals surface area (Å²) in [6.07, 6.45) is 7.18. The van der Waals surface area contributed by atoms with Gasteiger partial charge in [-0.2, -0.15) is 0 Å².